The van der Waals surface area contributed by atoms with Crippen LogP contribution in [-0.4, -0.2) is 36.0 Å². The Morgan fingerprint density at radius 3 is 2.39 bits per heavy atom. The molecule has 0 saturated carbocycles. The highest BCUT2D eigenvalue weighted by Crippen LogP contribution is 2.17. The summed E-state index contributed by atoms with van der Waals surface area (Å²) < 4.78 is 12.8. The van der Waals surface area contributed by atoms with E-state index < -0.39 is 0 Å². The maximum absolute atomic E-state index is 12.8. The lowest BCUT2D eigenvalue weighted by atomic mass is 9.96. The van der Waals surface area contributed by atoms with E-state index in [2.05, 4.69) is 10.6 Å². The highest BCUT2D eigenvalue weighted by molar-refractivity contribution is 5.79. The first-order valence-corrected chi connectivity index (χ1v) is 8.03. The maximum atomic E-state index is 12.8. The smallest absolute Gasteiger partial charge is 0.317 e. The van der Waals surface area contributed by atoms with Crippen LogP contribution in [0.5, 0.6) is 0 Å². The standard InChI is InChI=1S/C17H24FN3O2/c1-12(2)20-17(23)21-9-7-14(8-10-21)16(22)19-11-13-3-5-15(18)6-4-13/h3-6,12,14H,7-11H2,1-2H3,(H,19,22)(H,20,23). The Kier molecular flexibility index (Phi) is 5.96. The van der Waals surface area contributed by atoms with Crippen LogP contribution in [0.4, 0.5) is 9.18 Å². The molecule has 1 aliphatic heterocycles. The normalized spacial score (nSPS) is 15.6. The summed E-state index contributed by atoms with van der Waals surface area (Å²) in [6.45, 7) is 5.43. The summed E-state index contributed by atoms with van der Waals surface area (Å²) in [6, 6.07) is 6.13. The molecule has 1 saturated heterocycles. The van der Waals surface area contributed by atoms with E-state index in [1.165, 1.54) is 12.1 Å². The summed E-state index contributed by atoms with van der Waals surface area (Å²) in [5.74, 6) is -0.357. The van der Waals surface area contributed by atoms with Gasteiger partial charge in [-0.1, -0.05) is 12.1 Å². The Bertz CT molecular complexity index is 537. The maximum Gasteiger partial charge on any atom is 0.317 e. The molecule has 1 heterocycles. The predicted octanol–water partition coefficient (Wildman–Crippen LogP) is 2.27. The number of nitrogens with zero attached hydrogens (tertiary/aromatic N) is 1. The van der Waals surface area contributed by atoms with Gasteiger partial charge in [-0.25, -0.2) is 9.18 Å². The second-order valence-electron chi connectivity index (χ2n) is 6.21. The van der Waals surface area contributed by atoms with E-state index in [1.54, 1.807) is 17.0 Å². The van der Waals surface area contributed by atoms with Gasteiger partial charge in [-0.15, -0.1) is 0 Å². The molecule has 1 aromatic carbocycles. The van der Waals surface area contributed by atoms with Gasteiger partial charge in [0.2, 0.25) is 5.91 Å². The van der Waals surface area contributed by atoms with Crippen LogP contribution >= 0.6 is 0 Å². The number of benzene rings is 1. The average Bonchev–Trinajstić information content (AvgIpc) is 2.53. The Hall–Kier alpha value is -2.11. The third kappa shape index (κ3) is 5.23. The van der Waals surface area contributed by atoms with Gasteiger partial charge in [0.15, 0.2) is 0 Å². The molecule has 0 unspecified atom stereocenters. The van der Waals surface area contributed by atoms with Crippen LogP contribution in [0.3, 0.4) is 0 Å². The lowest BCUT2D eigenvalue weighted by Crippen LogP contribution is -2.48. The molecule has 23 heavy (non-hydrogen) atoms. The van der Waals surface area contributed by atoms with Crippen LogP contribution in [0.25, 0.3) is 0 Å². The monoisotopic (exact) mass is 321 g/mol. The second kappa shape index (κ2) is 7.94. The number of rotatable bonds is 4. The Balaban J connectivity index is 1.75. The van der Waals surface area contributed by atoms with Crippen molar-refractivity contribution in [2.45, 2.75) is 39.3 Å². The Morgan fingerprint density at radius 1 is 1.22 bits per heavy atom. The van der Waals surface area contributed by atoms with Gasteiger partial charge in [0, 0.05) is 31.6 Å². The van der Waals surface area contributed by atoms with Crippen LogP contribution in [0.2, 0.25) is 0 Å². The molecule has 0 radical (unpaired) electrons. The molecule has 0 aliphatic carbocycles. The fourth-order valence-electron chi connectivity index (χ4n) is 2.62. The summed E-state index contributed by atoms with van der Waals surface area (Å²) in [5, 5.41) is 5.75. The van der Waals surface area contributed by atoms with Crippen molar-refractivity contribution in [3.8, 4) is 0 Å². The topological polar surface area (TPSA) is 61.4 Å². The summed E-state index contributed by atoms with van der Waals surface area (Å²) in [4.78, 5) is 25.8. The van der Waals surface area contributed by atoms with Gasteiger partial charge in [-0.3, -0.25) is 4.79 Å². The number of halogens is 1. The fourth-order valence-corrected chi connectivity index (χ4v) is 2.62. The molecule has 1 aliphatic rings. The average molecular weight is 321 g/mol. The fraction of sp³-hybridized carbons (Fsp3) is 0.529. The Labute approximate surface area is 136 Å². The van der Waals surface area contributed by atoms with E-state index >= 15 is 0 Å². The first-order valence-electron chi connectivity index (χ1n) is 8.03. The quantitative estimate of drug-likeness (QED) is 0.894. The zero-order chi connectivity index (χ0) is 16.8. The summed E-state index contributed by atoms with van der Waals surface area (Å²) in [7, 11) is 0. The van der Waals surface area contributed by atoms with Gasteiger partial charge in [0.25, 0.3) is 0 Å². The molecule has 1 fully saturated rings. The molecule has 6 heteroatoms. The lowest BCUT2D eigenvalue weighted by molar-refractivity contribution is -0.126. The molecule has 1 aromatic rings. The highest BCUT2D eigenvalue weighted by atomic mass is 19.1. The zero-order valence-electron chi connectivity index (χ0n) is 13.6. The number of carbonyl (C=O) groups excluding carboxylic acids is 2. The van der Waals surface area contributed by atoms with Gasteiger partial charge in [-0.2, -0.15) is 0 Å². The van der Waals surface area contributed by atoms with E-state index in [0.29, 0.717) is 32.5 Å². The van der Waals surface area contributed by atoms with E-state index in [9.17, 15) is 14.0 Å². The van der Waals surface area contributed by atoms with Crippen LogP contribution in [0.15, 0.2) is 24.3 Å². The Morgan fingerprint density at radius 2 is 1.83 bits per heavy atom. The van der Waals surface area contributed by atoms with Crippen molar-refractivity contribution >= 4 is 11.9 Å². The summed E-state index contributed by atoms with van der Waals surface area (Å²) in [6.07, 6.45) is 1.33. The third-order valence-corrected chi connectivity index (χ3v) is 3.95. The first kappa shape index (κ1) is 17.2. The minimum Gasteiger partial charge on any atom is -0.352 e. The molecule has 0 spiro atoms. The minimum atomic E-state index is -0.285. The van der Waals surface area contributed by atoms with E-state index in [4.69, 9.17) is 0 Å². The first-order chi connectivity index (χ1) is 11.0. The van der Waals surface area contributed by atoms with Gasteiger partial charge < -0.3 is 15.5 Å². The van der Waals surface area contributed by atoms with Gasteiger partial charge in [0.1, 0.15) is 5.82 Å². The van der Waals surface area contributed by atoms with Crippen LogP contribution in [0.1, 0.15) is 32.3 Å². The summed E-state index contributed by atoms with van der Waals surface area (Å²) >= 11 is 0. The molecular weight excluding hydrogens is 297 g/mol. The van der Waals surface area contributed by atoms with Gasteiger partial charge >= 0.3 is 6.03 Å². The van der Waals surface area contributed by atoms with E-state index in [0.717, 1.165) is 5.56 Å². The lowest BCUT2D eigenvalue weighted by Gasteiger charge is -2.32. The van der Waals surface area contributed by atoms with Gasteiger partial charge in [0.05, 0.1) is 0 Å². The van der Waals surface area contributed by atoms with Crippen LogP contribution in [0, 0.1) is 11.7 Å². The molecule has 0 bridgehead atoms. The molecule has 2 N–H and O–H groups in total. The highest BCUT2D eigenvalue weighted by Gasteiger charge is 2.27. The number of piperidine rings is 1. The van der Waals surface area contributed by atoms with Crippen molar-refractivity contribution in [1.29, 1.82) is 0 Å². The number of carbonyl (C=O) groups is 2. The molecule has 0 aromatic heterocycles. The SMILES string of the molecule is CC(C)NC(=O)N1CCC(C(=O)NCc2ccc(F)cc2)CC1. The number of nitrogens with one attached hydrogen (secondary N) is 2. The number of hydrogen-bond donors (Lipinski definition) is 2. The summed E-state index contributed by atoms with van der Waals surface area (Å²) in [5.41, 5.74) is 0.869. The van der Waals surface area contributed by atoms with Crippen molar-refractivity contribution in [1.82, 2.24) is 15.5 Å². The van der Waals surface area contributed by atoms with Gasteiger partial charge in [-0.05, 0) is 44.4 Å². The molecule has 126 valence electrons. The number of amides is 3. The molecule has 2 rings (SSSR count). The van der Waals surface area contributed by atoms with Crippen molar-refractivity contribution in [3.63, 3.8) is 0 Å². The van der Waals surface area contributed by atoms with Crippen molar-refractivity contribution < 1.29 is 14.0 Å². The minimum absolute atomic E-state index is 0.00163. The second-order valence-corrected chi connectivity index (χ2v) is 6.21. The van der Waals surface area contributed by atoms with Crippen molar-refractivity contribution in [2.24, 2.45) is 5.92 Å². The predicted molar refractivity (Wildman–Crippen MR) is 86.2 cm³/mol. The number of hydrogen-bond acceptors (Lipinski definition) is 2. The van der Waals surface area contributed by atoms with Crippen molar-refractivity contribution in [3.05, 3.63) is 35.6 Å². The molecular formula is C17H24FN3O2. The van der Waals surface area contributed by atoms with E-state index in [1.807, 2.05) is 13.8 Å². The third-order valence-electron chi connectivity index (χ3n) is 3.95. The largest absolute Gasteiger partial charge is 0.352 e. The van der Waals surface area contributed by atoms with Crippen LogP contribution in [-0.2, 0) is 11.3 Å². The number of urea groups is 1. The van der Waals surface area contributed by atoms with Crippen LogP contribution < -0.4 is 10.6 Å². The molecule has 5 nitrogen and oxygen atoms in total. The molecule has 3 amide bonds. The zero-order valence-corrected chi connectivity index (χ0v) is 13.6. The van der Waals surface area contributed by atoms with E-state index in [-0.39, 0.29) is 29.7 Å². The number of likely N-dealkylation sites (tertiary alicyclic amines) is 1. The molecule has 0 atom stereocenters. The van der Waals surface area contributed by atoms with Crippen molar-refractivity contribution in [2.75, 3.05) is 13.1 Å².